The summed E-state index contributed by atoms with van der Waals surface area (Å²) < 4.78 is 67.7. The lowest BCUT2D eigenvalue weighted by Crippen LogP contribution is -2.46. The van der Waals surface area contributed by atoms with E-state index in [0.29, 0.717) is 37.3 Å². The first-order valence-electron chi connectivity index (χ1n) is 9.98. The lowest BCUT2D eigenvalue weighted by Gasteiger charge is -2.35. The number of alkyl halides is 3. The minimum absolute atomic E-state index is 0.0172. The quantitative estimate of drug-likeness (QED) is 0.654. The van der Waals surface area contributed by atoms with Crippen molar-refractivity contribution in [2.75, 3.05) is 25.0 Å². The molecule has 1 spiro atoms. The van der Waals surface area contributed by atoms with Crippen molar-refractivity contribution in [3.05, 3.63) is 59.7 Å². The van der Waals surface area contributed by atoms with Gasteiger partial charge in [0.2, 0.25) is 5.91 Å². The molecule has 7 nitrogen and oxygen atoms in total. The molecule has 0 aliphatic carbocycles. The van der Waals surface area contributed by atoms with Crippen molar-refractivity contribution < 1.29 is 36.3 Å². The maximum Gasteiger partial charge on any atom is 0.573 e. The molecule has 33 heavy (non-hydrogen) atoms. The van der Waals surface area contributed by atoms with Crippen molar-refractivity contribution in [1.82, 2.24) is 10.4 Å². The summed E-state index contributed by atoms with van der Waals surface area (Å²) in [4.78, 5) is 24.3. The highest BCUT2D eigenvalue weighted by atomic mass is 19.4. The minimum Gasteiger partial charge on any atom is -0.406 e. The Kier molecular flexibility index (Phi) is 6.21. The van der Waals surface area contributed by atoms with Crippen LogP contribution in [0.15, 0.2) is 47.5 Å². The topological polar surface area (TPSA) is 75.2 Å². The normalized spacial score (nSPS) is 18.0. The Morgan fingerprint density at radius 2 is 1.85 bits per heavy atom. The van der Waals surface area contributed by atoms with Crippen LogP contribution >= 0.6 is 0 Å². The Morgan fingerprint density at radius 1 is 1.15 bits per heavy atom. The molecule has 0 bridgehead atoms. The fourth-order valence-corrected chi connectivity index (χ4v) is 3.59. The molecule has 1 amide bonds. The number of anilines is 1. The molecule has 0 atom stereocenters. The first-order valence-corrected chi connectivity index (χ1v) is 9.98. The molecule has 2 aliphatic rings. The number of aliphatic imine (C=N–C) groups is 1. The number of piperidine rings is 1. The van der Waals surface area contributed by atoms with Gasteiger partial charge < -0.3 is 10.1 Å². The molecule has 2 aliphatic heterocycles. The van der Waals surface area contributed by atoms with Crippen LogP contribution in [0.3, 0.4) is 0 Å². The minimum atomic E-state index is -4.77. The van der Waals surface area contributed by atoms with Gasteiger partial charge in [0.05, 0.1) is 12.2 Å². The zero-order valence-electron chi connectivity index (χ0n) is 17.1. The van der Waals surface area contributed by atoms with Crippen LogP contribution in [0.4, 0.5) is 27.6 Å². The molecule has 2 aromatic carbocycles. The van der Waals surface area contributed by atoms with E-state index in [1.165, 1.54) is 24.3 Å². The molecular weight excluding hydrogens is 451 g/mol. The second-order valence-electron chi connectivity index (χ2n) is 7.63. The van der Waals surface area contributed by atoms with Gasteiger partial charge in [-0.1, -0.05) is 0 Å². The van der Waals surface area contributed by atoms with Crippen LogP contribution in [0.2, 0.25) is 0 Å². The third kappa shape index (κ3) is 5.76. The number of benzene rings is 2. The third-order valence-electron chi connectivity index (χ3n) is 5.22. The van der Waals surface area contributed by atoms with E-state index in [2.05, 4.69) is 20.5 Å². The molecule has 2 heterocycles. The van der Waals surface area contributed by atoms with E-state index in [-0.39, 0.29) is 18.0 Å². The van der Waals surface area contributed by atoms with Crippen molar-refractivity contribution >= 4 is 17.4 Å². The van der Waals surface area contributed by atoms with Gasteiger partial charge in [-0.2, -0.15) is 0 Å². The number of carbonyl (C=O) groups excluding carboxylic acids is 1. The number of carbonyl (C=O) groups is 1. The maximum atomic E-state index is 13.7. The standard InChI is InChI=1S/C21H19F5N4O3/c22-14-3-6-16(23)17(11-14)27-18(31)12-30-9-7-20(8-10-30)28-19(29-33-20)13-1-4-15(5-2-13)32-21(24,25)26/h1-6,11H,7-10,12H2,(H,27,31)(H,28,29). The van der Waals surface area contributed by atoms with E-state index in [0.717, 1.165) is 18.2 Å². The van der Waals surface area contributed by atoms with Gasteiger partial charge in [0.1, 0.15) is 17.4 Å². The molecule has 0 unspecified atom stereocenters. The summed E-state index contributed by atoms with van der Waals surface area (Å²) in [5.74, 6) is -1.83. The Bertz CT molecular complexity index is 1050. The van der Waals surface area contributed by atoms with Crippen LogP contribution in [0.25, 0.3) is 0 Å². The smallest absolute Gasteiger partial charge is 0.406 e. The largest absolute Gasteiger partial charge is 0.573 e. The molecule has 0 radical (unpaired) electrons. The van der Waals surface area contributed by atoms with E-state index < -0.39 is 29.6 Å². The van der Waals surface area contributed by atoms with Crippen molar-refractivity contribution in [1.29, 1.82) is 0 Å². The van der Waals surface area contributed by atoms with Crippen LogP contribution in [-0.2, 0) is 9.63 Å². The molecule has 1 fully saturated rings. The van der Waals surface area contributed by atoms with E-state index in [4.69, 9.17) is 4.84 Å². The average Bonchev–Trinajstić information content (AvgIpc) is 3.16. The van der Waals surface area contributed by atoms with Gasteiger partial charge in [-0.25, -0.2) is 24.1 Å². The van der Waals surface area contributed by atoms with Crippen LogP contribution < -0.4 is 15.5 Å². The second kappa shape index (κ2) is 8.94. The number of rotatable bonds is 5. The molecule has 176 valence electrons. The summed E-state index contributed by atoms with van der Waals surface area (Å²) in [6.07, 6.45) is -3.88. The summed E-state index contributed by atoms with van der Waals surface area (Å²) in [7, 11) is 0. The summed E-state index contributed by atoms with van der Waals surface area (Å²) in [6.45, 7) is 0.891. The third-order valence-corrected chi connectivity index (χ3v) is 5.22. The van der Waals surface area contributed by atoms with Gasteiger partial charge in [-0.05, 0) is 36.4 Å². The van der Waals surface area contributed by atoms with E-state index in [1.54, 1.807) is 0 Å². The molecule has 12 heteroatoms. The number of hydrogen-bond donors (Lipinski definition) is 2. The summed E-state index contributed by atoms with van der Waals surface area (Å²) >= 11 is 0. The SMILES string of the molecule is O=C(CN1CCC2(CC1)N=C(c1ccc(OC(F)(F)F)cc1)NO2)Nc1cc(F)ccc1F. The molecular formula is C21H19F5N4O3. The van der Waals surface area contributed by atoms with Gasteiger partial charge in [0, 0.05) is 37.6 Å². The van der Waals surface area contributed by atoms with Gasteiger partial charge in [0.15, 0.2) is 11.6 Å². The lowest BCUT2D eigenvalue weighted by atomic mass is 10.0. The van der Waals surface area contributed by atoms with Gasteiger partial charge in [0.25, 0.3) is 0 Å². The zero-order chi connectivity index (χ0) is 23.6. The van der Waals surface area contributed by atoms with Crippen molar-refractivity contribution in [3.8, 4) is 5.75 Å². The number of hydrogen-bond acceptors (Lipinski definition) is 6. The Morgan fingerprint density at radius 3 is 2.52 bits per heavy atom. The number of likely N-dealkylation sites (tertiary alicyclic amines) is 1. The zero-order valence-corrected chi connectivity index (χ0v) is 17.1. The van der Waals surface area contributed by atoms with E-state index >= 15 is 0 Å². The highest BCUT2D eigenvalue weighted by Crippen LogP contribution is 2.31. The van der Waals surface area contributed by atoms with Crippen molar-refractivity contribution in [3.63, 3.8) is 0 Å². The number of nitrogens with zero attached hydrogens (tertiary/aromatic N) is 2. The molecule has 2 N–H and O–H groups in total. The van der Waals surface area contributed by atoms with Crippen LogP contribution in [-0.4, -0.2) is 48.4 Å². The monoisotopic (exact) mass is 470 g/mol. The molecule has 0 aromatic heterocycles. The summed E-state index contributed by atoms with van der Waals surface area (Å²) in [5.41, 5.74) is 2.15. The Hall–Kier alpha value is -3.25. The van der Waals surface area contributed by atoms with Crippen LogP contribution in [0.5, 0.6) is 5.75 Å². The van der Waals surface area contributed by atoms with Crippen molar-refractivity contribution in [2.24, 2.45) is 4.99 Å². The average molecular weight is 470 g/mol. The predicted molar refractivity (Wildman–Crippen MR) is 107 cm³/mol. The number of nitrogens with one attached hydrogen (secondary N) is 2. The predicted octanol–water partition coefficient (Wildman–Crippen LogP) is 3.58. The fraction of sp³-hybridized carbons (Fsp3) is 0.333. The lowest BCUT2D eigenvalue weighted by molar-refractivity contribution is -0.274. The summed E-state index contributed by atoms with van der Waals surface area (Å²) in [5, 5.41) is 2.36. The van der Waals surface area contributed by atoms with Crippen molar-refractivity contribution in [2.45, 2.75) is 24.9 Å². The number of ether oxygens (including phenoxy) is 1. The Balaban J connectivity index is 1.32. The van der Waals surface area contributed by atoms with Crippen LogP contribution in [0.1, 0.15) is 18.4 Å². The highest BCUT2D eigenvalue weighted by Gasteiger charge is 2.40. The van der Waals surface area contributed by atoms with Gasteiger partial charge >= 0.3 is 6.36 Å². The molecule has 1 saturated heterocycles. The van der Waals surface area contributed by atoms with E-state index in [1.807, 2.05) is 4.90 Å². The van der Waals surface area contributed by atoms with Gasteiger partial charge in [-0.3, -0.25) is 9.69 Å². The molecule has 0 saturated carbocycles. The number of amides is 1. The number of hydroxylamine groups is 1. The maximum absolute atomic E-state index is 13.7. The first kappa shape index (κ1) is 22.9. The summed E-state index contributed by atoms with van der Waals surface area (Å²) in [6, 6.07) is 8.03. The first-order chi connectivity index (χ1) is 15.6. The second-order valence-corrected chi connectivity index (χ2v) is 7.63. The molecule has 2 aromatic rings. The number of halogens is 5. The van der Waals surface area contributed by atoms with E-state index in [9.17, 15) is 26.7 Å². The highest BCUT2D eigenvalue weighted by molar-refractivity contribution is 5.99. The fourth-order valence-electron chi connectivity index (χ4n) is 3.59. The van der Waals surface area contributed by atoms with Crippen LogP contribution in [0, 0.1) is 11.6 Å². The Labute approximate surface area is 185 Å². The van der Waals surface area contributed by atoms with Gasteiger partial charge in [-0.15, -0.1) is 13.2 Å². The molecule has 4 rings (SSSR count). The number of amidine groups is 1.